The van der Waals surface area contributed by atoms with Crippen molar-refractivity contribution in [3.05, 3.63) is 132 Å². The van der Waals surface area contributed by atoms with E-state index in [9.17, 15) is 14.4 Å². The minimum Gasteiger partial charge on any atom is -0.358 e. The Morgan fingerprint density at radius 3 is 2.50 bits per heavy atom. The zero-order valence-corrected chi connectivity index (χ0v) is 20.2. The Morgan fingerprint density at radius 2 is 1.68 bits per heavy atom. The highest BCUT2D eigenvalue weighted by Crippen LogP contribution is 2.62. The van der Waals surface area contributed by atoms with Gasteiger partial charge in [0.2, 0.25) is 11.7 Å². The van der Waals surface area contributed by atoms with Gasteiger partial charge >= 0.3 is 0 Å². The Balaban J connectivity index is 1.55. The van der Waals surface area contributed by atoms with Crippen LogP contribution in [0.2, 0.25) is 0 Å². The zero-order chi connectivity index (χ0) is 25.9. The molecule has 0 radical (unpaired) electrons. The van der Waals surface area contributed by atoms with Gasteiger partial charge in [-0.05, 0) is 53.1 Å². The smallest absolute Gasteiger partial charge is 0.238 e. The Labute approximate surface area is 218 Å². The maximum Gasteiger partial charge on any atom is 0.238 e. The zero-order valence-electron chi connectivity index (χ0n) is 20.2. The monoisotopic (exact) mass is 498 g/mol. The van der Waals surface area contributed by atoms with Gasteiger partial charge < -0.3 is 10.2 Å². The summed E-state index contributed by atoms with van der Waals surface area (Å²) in [5.74, 6) is -1.95. The normalized spacial score (nSPS) is 24.5. The third-order valence-corrected chi connectivity index (χ3v) is 7.98. The van der Waals surface area contributed by atoms with Crippen LogP contribution >= 0.6 is 0 Å². The lowest BCUT2D eigenvalue weighted by atomic mass is 9.63. The maximum absolute atomic E-state index is 14.5. The van der Waals surface area contributed by atoms with Crippen molar-refractivity contribution in [3.8, 4) is 0 Å². The maximum atomic E-state index is 14.5. The molecule has 184 valence electrons. The quantitative estimate of drug-likeness (QED) is 0.418. The minimum absolute atomic E-state index is 0.247. The van der Waals surface area contributed by atoms with Crippen LogP contribution in [0.4, 0.5) is 5.69 Å². The number of Topliss-reactive ketones (excluding diaryl/α,β-unsaturated/α-hetero) is 2. The van der Waals surface area contributed by atoms with Crippen molar-refractivity contribution in [2.45, 2.75) is 17.5 Å². The first-order valence-corrected chi connectivity index (χ1v) is 12.5. The summed E-state index contributed by atoms with van der Waals surface area (Å²) in [6.07, 6.45) is 8.45. The number of fused-ring (bicyclic) bond motifs is 6. The highest BCUT2D eigenvalue weighted by Gasteiger charge is 2.70. The number of rotatable bonds is 4. The molecule has 1 spiro atoms. The Hall–Kier alpha value is -4.91. The Bertz CT molecular complexity index is 1640. The van der Waals surface area contributed by atoms with E-state index in [0.29, 0.717) is 16.8 Å². The summed E-state index contributed by atoms with van der Waals surface area (Å²) in [5.41, 5.74) is 2.44. The molecular weight excluding hydrogens is 476 g/mol. The van der Waals surface area contributed by atoms with Gasteiger partial charge in [0, 0.05) is 36.0 Å². The van der Waals surface area contributed by atoms with Crippen molar-refractivity contribution in [2.75, 3.05) is 5.32 Å². The molecule has 1 amide bonds. The number of nitrogens with one attached hydrogen (secondary N) is 1. The molecule has 0 saturated carbocycles. The molecule has 38 heavy (non-hydrogen) atoms. The summed E-state index contributed by atoms with van der Waals surface area (Å²) >= 11 is 0. The van der Waals surface area contributed by atoms with E-state index >= 15 is 0 Å². The molecule has 1 N–H and O–H groups in total. The molecule has 1 saturated heterocycles. The minimum atomic E-state index is -1.36. The molecule has 0 bridgehead atoms. The Morgan fingerprint density at radius 1 is 0.868 bits per heavy atom. The molecule has 7 heteroatoms. The number of aromatic nitrogens is 2. The SMILES string of the molecule is O=C(c1ccccn1)C1C(C(=O)c2cccnc2)C2(C(=O)Nc3ccccc32)C2c3ccccc3C=CN12. The van der Waals surface area contributed by atoms with E-state index in [1.54, 1.807) is 42.7 Å². The van der Waals surface area contributed by atoms with Gasteiger partial charge in [0.15, 0.2) is 5.78 Å². The predicted molar refractivity (Wildman–Crippen MR) is 141 cm³/mol. The van der Waals surface area contributed by atoms with E-state index in [-0.39, 0.29) is 23.2 Å². The van der Waals surface area contributed by atoms with Gasteiger partial charge in [0.05, 0.1) is 12.0 Å². The molecule has 7 rings (SSSR count). The number of amides is 1. The topological polar surface area (TPSA) is 92.3 Å². The molecule has 5 heterocycles. The van der Waals surface area contributed by atoms with E-state index in [2.05, 4.69) is 15.3 Å². The highest BCUT2D eigenvalue weighted by atomic mass is 16.2. The van der Waals surface area contributed by atoms with Crippen molar-refractivity contribution in [1.82, 2.24) is 14.9 Å². The summed E-state index contributed by atoms with van der Waals surface area (Å²) < 4.78 is 0. The van der Waals surface area contributed by atoms with E-state index in [0.717, 1.165) is 11.1 Å². The third kappa shape index (κ3) is 2.93. The molecular formula is C31H22N4O3. The lowest BCUT2D eigenvalue weighted by molar-refractivity contribution is -0.122. The molecule has 3 aliphatic rings. The van der Waals surface area contributed by atoms with Crippen molar-refractivity contribution < 1.29 is 14.4 Å². The van der Waals surface area contributed by atoms with Gasteiger partial charge in [-0.3, -0.25) is 24.4 Å². The van der Waals surface area contributed by atoms with Gasteiger partial charge in [-0.25, -0.2) is 0 Å². The van der Waals surface area contributed by atoms with E-state index in [1.165, 1.54) is 6.20 Å². The average Bonchev–Trinajstić information content (AvgIpc) is 3.45. The molecule has 1 fully saturated rings. The van der Waals surface area contributed by atoms with Gasteiger partial charge in [-0.2, -0.15) is 0 Å². The largest absolute Gasteiger partial charge is 0.358 e. The van der Waals surface area contributed by atoms with Crippen LogP contribution < -0.4 is 5.32 Å². The molecule has 4 atom stereocenters. The standard InChI is InChI=1S/C31H22N4O3/c36-27(20-9-7-15-32-18-20)25-26(28(37)24-13-5-6-16-33-24)35-17-14-19-8-1-2-10-21(19)29(35)31(25)22-11-3-4-12-23(22)34-30(31)38/h1-18,25-26,29H,(H,34,38). The van der Waals surface area contributed by atoms with Crippen LogP contribution in [0.5, 0.6) is 0 Å². The van der Waals surface area contributed by atoms with E-state index in [4.69, 9.17) is 0 Å². The van der Waals surface area contributed by atoms with Gasteiger partial charge in [0.1, 0.15) is 17.2 Å². The average molecular weight is 499 g/mol. The van der Waals surface area contributed by atoms with Crippen LogP contribution in [-0.4, -0.2) is 38.4 Å². The molecule has 4 aromatic rings. The number of para-hydroxylation sites is 1. The third-order valence-electron chi connectivity index (χ3n) is 7.98. The number of hydrogen-bond donors (Lipinski definition) is 1. The van der Waals surface area contributed by atoms with Crippen LogP contribution in [0.1, 0.15) is 43.6 Å². The highest BCUT2D eigenvalue weighted by molar-refractivity contribution is 6.16. The Kier molecular flexibility index (Phi) is 4.88. The van der Waals surface area contributed by atoms with Crippen LogP contribution in [0.15, 0.2) is 104 Å². The fourth-order valence-electron chi connectivity index (χ4n) is 6.52. The first-order valence-electron chi connectivity index (χ1n) is 12.5. The molecule has 2 aromatic heterocycles. The second-order valence-corrected chi connectivity index (χ2v) is 9.77. The van der Waals surface area contributed by atoms with Crippen molar-refractivity contribution >= 4 is 29.2 Å². The number of carbonyl (C=O) groups excluding carboxylic acids is 3. The number of hydrogen-bond acceptors (Lipinski definition) is 6. The van der Waals surface area contributed by atoms with Crippen molar-refractivity contribution in [2.24, 2.45) is 5.92 Å². The number of ketones is 2. The fourth-order valence-corrected chi connectivity index (χ4v) is 6.52. The fraction of sp³-hybridized carbons (Fsp3) is 0.129. The van der Waals surface area contributed by atoms with Gasteiger partial charge in [0.25, 0.3) is 0 Å². The summed E-state index contributed by atoms with van der Waals surface area (Å²) in [6.45, 7) is 0. The van der Waals surface area contributed by atoms with Crippen molar-refractivity contribution in [3.63, 3.8) is 0 Å². The molecule has 2 aromatic carbocycles. The van der Waals surface area contributed by atoms with Crippen LogP contribution in [0.3, 0.4) is 0 Å². The summed E-state index contributed by atoms with van der Waals surface area (Å²) in [5, 5.41) is 3.05. The summed E-state index contributed by atoms with van der Waals surface area (Å²) in [7, 11) is 0. The van der Waals surface area contributed by atoms with E-state index < -0.39 is 23.4 Å². The number of carbonyl (C=O) groups is 3. The van der Waals surface area contributed by atoms with Gasteiger partial charge in [-0.15, -0.1) is 0 Å². The number of pyridine rings is 2. The first-order chi connectivity index (χ1) is 18.6. The number of nitrogens with zero attached hydrogens (tertiary/aromatic N) is 3. The lowest BCUT2D eigenvalue weighted by Gasteiger charge is -2.38. The second kappa shape index (κ2) is 8.31. The summed E-state index contributed by atoms with van der Waals surface area (Å²) in [4.78, 5) is 53.5. The van der Waals surface area contributed by atoms with Gasteiger partial charge in [-0.1, -0.05) is 48.5 Å². The molecule has 4 unspecified atom stereocenters. The summed E-state index contributed by atoms with van der Waals surface area (Å²) in [6, 6.07) is 22.3. The lowest BCUT2D eigenvalue weighted by Crippen LogP contribution is -2.49. The molecule has 7 nitrogen and oxygen atoms in total. The number of anilines is 1. The van der Waals surface area contributed by atoms with Crippen LogP contribution in [0, 0.1) is 5.92 Å². The van der Waals surface area contributed by atoms with Crippen molar-refractivity contribution in [1.29, 1.82) is 0 Å². The molecule has 3 aliphatic heterocycles. The molecule has 0 aliphatic carbocycles. The number of benzene rings is 2. The first kappa shape index (κ1) is 22.3. The van der Waals surface area contributed by atoms with Crippen LogP contribution in [0.25, 0.3) is 6.08 Å². The predicted octanol–water partition coefficient (Wildman–Crippen LogP) is 4.46. The second-order valence-electron chi connectivity index (χ2n) is 9.77. The van der Waals surface area contributed by atoms with E-state index in [1.807, 2.05) is 65.7 Å². The van der Waals surface area contributed by atoms with Crippen LogP contribution in [-0.2, 0) is 10.2 Å².